The molecule has 2 amide bonds. The molecule has 2 aliphatic rings. The fourth-order valence-corrected chi connectivity index (χ4v) is 4.80. The van der Waals surface area contributed by atoms with Crippen LogP contribution in [0.2, 0.25) is 0 Å². The summed E-state index contributed by atoms with van der Waals surface area (Å²) < 4.78 is 0. The summed E-state index contributed by atoms with van der Waals surface area (Å²) in [7, 11) is 0. The molecule has 6 heteroatoms. The lowest BCUT2D eigenvalue weighted by atomic mass is 10.0. The lowest BCUT2D eigenvalue weighted by Crippen LogP contribution is -2.30. The molecule has 1 fully saturated rings. The summed E-state index contributed by atoms with van der Waals surface area (Å²) in [5.41, 5.74) is 3.71. The number of thioether (sulfide) groups is 1. The molecule has 2 heterocycles. The fourth-order valence-electron chi connectivity index (χ4n) is 3.87. The minimum absolute atomic E-state index is 0.0216. The molecule has 0 aliphatic carbocycles. The van der Waals surface area contributed by atoms with Crippen molar-refractivity contribution in [1.82, 2.24) is 10.2 Å². The average Bonchev–Trinajstić information content (AvgIpc) is 2.74. The largest absolute Gasteiger partial charge is 0.348 e. The zero-order chi connectivity index (χ0) is 20.2. The van der Waals surface area contributed by atoms with E-state index in [1.54, 1.807) is 6.07 Å². The van der Waals surface area contributed by atoms with E-state index in [0.29, 0.717) is 12.1 Å². The topological polar surface area (TPSA) is 61.4 Å². The van der Waals surface area contributed by atoms with Crippen LogP contribution in [0.15, 0.2) is 47.4 Å². The molecular formula is C23H27N3O2S. The zero-order valence-electron chi connectivity index (χ0n) is 16.7. The number of hydrogen-bond acceptors (Lipinski definition) is 4. The summed E-state index contributed by atoms with van der Waals surface area (Å²) >= 11 is 1.52. The molecular weight excluding hydrogens is 382 g/mol. The number of fused-ring (bicyclic) bond motifs is 1. The van der Waals surface area contributed by atoms with Gasteiger partial charge < -0.3 is 10.6 Å². The molecule has 4 rings (SSSR count). The van der Waals surface area contributed by atoms with Crippen molar-refractivity contribution in [3.63, 3.8) is 0 Å². The number of benzene rings is 2. The van der Waals surface area contributed by atoms with Crippen molar-refractivity contribution in [1.29, 1.82) is 0 Å². The molecule has 2 aromatic carbocycles. The van der Waals surface area contributed by atoms with Crippen LogP contribution in [-0.2, 0) is 17.9 Å². The molecule has 0 spiro atoms. The Morgan fingerprint density at radius 1 is 1.14 bits per heavy atom. The summed E-state index contributed by atoms with van der Waals surface area (Å²) in [6.07, 6.45) is 3.86. The van der Waals surface area contributed by atoms with E-state index >= 15 is 0 Å². The lowest BCUT2D eigenvalue weighted by Gasteiger charge is -2.27. The Bertz CT molecular complexity index is 909. The summed E-state index contributed by atoms with van der Waals surface area (Å²) in [6.45, 7) is 5.62. The molecule has 0 bridgehead atoms. The second-order valence-electron chi connectivity index (χ2n) is 7.75. The van der Waals surface area contributed by atoms with Crippen LogP contribution >= 0.6 is 11.8 Å². The SMILES string of the molecule is CC1Sc2ccc(C(=O)NCc3ccccc3CN3CCCCC3)cc2NC1=O. The average molecular weight is 410 g/mol. The summed E-state index contributed by atoms with van der Waals surface area (Å²) in [4.78, 5) is 28.1. The van der Waals surface area contributed by atoms with Crippen LogP contribution in [0.25, 0.3) is 0 Å². The highest BCUT2D eigenvalue weighted by atomic mass is 32.2. The van der Waals surface area contributed by atoms with Gasteiger partial charge in [-0.2, -0.15) is 0 Å². The number of nitrogens with one attached hydrogen (secondary N) is 2. The minimum atomic E-state index is -0.126. The third-order valence-corrected chi connectivity index (χ3v) is 6.75. The highest BCUT2D eigenvalue weighted by molar-refractivity contribution is 8.00. The Morgan fingerprint density at radius 3 is 2.69 bits per heavy atom. The van der Waals surface area contributed by atoms with Gasteiger partial charge in [0.25, 0.3) is 5.91 Å². The predicted molar refractivity (Wildman–Crippen MR) is 117 cm³/mol. The fraction of sp³-hybridized carbons (Fsp3) is 0.391. The normalized spacial score (nSPS) is 19.3. The van der Waals surface area contributed by atoms with Crippen LogP contribution in [0.1, 0.15) is 47.7 Å². The number of rotatable bonds is 5. The Labute approximate surface area is 176 Å². The predicted octanol–water partition coefficient (Wildman–Crippen LogP) is 4.04. The standard InChI is InChI=1S/C23H27N3O2S/c1-16-22(27)25-20-13-17(9-10-21(20)29-16)23(28)24-14-18-7-3-4-8-19(18)15-26-11-5-2-6-12-26/h3-4,7-10,13,16H,2,5-6,11-12,14-15H2,1H3,(H,24,28)(H,25,27). The van der Waals surface area contributed by atoms with Crippen molar-refractivity contribution < 1.29 is 9.59 Å². The van der Waals surface area contributed by atoms with Gasteiger partial charge in [0.1, 0.15) is 0 Å². The number of anilines is 1. The van der Waals surface area contributed by atoms with Gasteiger partial charge in [0, 0.05) is 23.5 Å². The summed E-state index contributed by atoms with van der Waals surface area (Å²) in [6, 6.07) is 13.8. The Kier molecular flexibility index (Phi) is 6.21. The molecule has 29 heavy (non-hydrogen) atoms. The van der Waals surface area contributed by atoms with Crippen LogP contribution in [0.4, 0.5) is 5.69 Å². The summed E-state index contributed by atoms with van der Waals surface area (Å²) in [5, 5.41) is 5.82. The van der Waals surface area contributed by atoms with E-state index in [0.717, 1.165) is 35.8 Å². The monoisotopic (exact) mass is 409 g/mol. The van der Waals surface area contributed by atoms with E-state index in [4.69, 9.17) is 0 Å². The Hall–Kier alpha value is -2.31. The molecule has 5 nitrogen and oxygen atoms in total. The Morgan fingerprint density at radius 2 is 1.90 bits per heavy atom. The minimum Gasteiger partial charge on any atom is -0.348 e. The van der Waals surface area contributed by atoms with Crippen molar-refractivity contribution in [3.05, 3.63) is 59.2 Å². The van der Waals surface area contributed by atoms with E-state index in [1.165, 1.54) is 36.6 Å². The number of carbonyl (C=O) groups excluding carboxylic acids is 2. The molecule has 2 N–H and O–H groups in total. The van der Waals surface area contributed by atoms with E-state index < -0.39 is 0 Å². The molecule has 152 valence electrons. The van der Waals surface area contributed by atoms with Gasteiger partial charge in [-0.05, 0) is 62.2 Å². The molecule has 2 aromatic rings. The Balaban J connectivity index is 1.41. The smallest absolute Gasteiger partial charge is 0.251 e. The van der Waals surface area contributed by atoms with Crippen LogP contribution in [0, 0.1) is 0 Å². The first-order valence-corrected chi connectivity index (χ1v) is 11.2. The van der Waals surface area contributed by atoms with Crippen LogP contribution in [-0.4, -0.2) is 35.1 Å². The van der Waals surface area contributed by atoms with Crippen LogP contribution < -0.4 is 10.6 Å². The second kappa shape index (κ2) is 9.01. The van der Waals surface area contributed by atoms with Gasteiger partial charge in [-0.15, -0.1) is 11.8 Å². The maximum atomic E-state index is 12.7. The van der Waals surface area contributed by atoms with Crippen molar-refractivity contribution in [2.75, 3.05) is 18.4 Å². The van der Waals surface area contributed by atoms with Gasteiger partial charge in [-0.25, -0.2) is 0 Å². The van der Waals surface area contributed by atoms with Gasteiger partial charge in [0.15, 0.2) is 0 Å². The number of likely N-dealkylation sites (tertiary alicyclic amines) is 1. The van der Waals surface area contributed by atoms with E-state index in [9.17, 15) is 9.59 Å². The van der Waals surface area contributed by atoms with Crippen molar-refractivity contribution in [2.45, 2.75) is 49.4 Å². The second-order valence-corrected chi connectivity index (χ2v) is 9.13. The van der Waals surface area contributed by atoms with E-state index in [1.807, 2.05) is 25.1 Å². The van der Waals surface area contributed by atoms with E-state index in [-0.39, 0.29) is 17.1 Å². The zero-order valence-corrected chi connectivity index (χ0v) is 17.6. The van der Waals surface area contributed by atoms with E-state index in [2.05, 4.69) is 33.7 Å². The molecule has 1 unspecified atom stereocenters. The van der Waals surface area contributed by atoms with Gasteiger partial charge in [-0.1, -0.05) is 30.7 Å². The quantitative estimate of drug-likeness (QED) is 0.783. The highest BCUT2D eigenvalue weighted by Gasteiger charge is 2.23. The molecule has 0 radical (unpaired) electrons. The first-order chi connectivity index (χ1) is 14.1. The van der Waals surface area contributed by atoms with Crippen LogP contribution in [0.3, 0.4) is 0 Å². The first kappa shape index (κ1) is 20.0. The third kappa shape index (κ3) is 4.82. The third-order valence-electron chi connectivity index (χ3n) is 5.57. The number of piperidine rings is 1. The van der Waals surface area contributed by atoms with Crippen molar-refractivity contribution in [3.8, 4) is 0 Å². The van der Waals surface area contributed by atoms with Gasteiger partial charge >= 0.3 is 0 Å². The molecule has 0 aromatic heterocycles. The van der Waals surface area contributed by atoms with Gasteiger partial charge in [-0.3, -0.25) is 14.5 Å². The number of amides is 2. The maximum absolute atomic E-state index is 12.7. The number of hydrogen-bond donors (Lipinski definition) is 2. The molecule has 2 aliphatic heterocycles. The van der Waals surface area contributed by atoms with Gasteiger partial charge in [0.2, 0.25) is 5.91 Å². The van der Waals surface area contributed by atoms with Crippen molar-refractivity contribution >= 4 is 29.3 Å². The highest BCUT2D eigenvalue weighted by Crippen LogP contribution is 2.35. The summed E-state index contributed by atoms with van der Waals surface area (Å²) in [5.74, 6) is -0.148. The molecule has 1 saturated heterocycles. The maximum Gasteiger partial charge on any atom is 0.251 e. The van der Waals surface area contributed by atoms with Crippen LogP contribution in [0.5, 0.6) is 0 Å². The molecule has 0 saturated carbocycles. The number of carbonyl (C=O) groups is 2. The van der Waals surface area contributed by atoms with Gasteiger partial charge in [0.05, 0.1) is 10.9 Å². The molecule has 1 atom stereocenters. The number of nitrogens with zero attached hydrogens (tertiary/aromatic N) is 1. The first-order valence-electron chi connectivity index (χ1n) is 10.3. The lowest BCUT2D eigenvalue weighted by molar-refractivity contribution is -0.115. The van der Waals surface area contributed by atoms with Crippen molar-refractivity contribution in [2.24, 2.45) is 0 Å².